The van der Waals surface area contributed by atoms with Crippen molar-refractivity contribution in [2.75, 3.05) is 0 Å². The lowest BCUT2D eigenvalue weighted by Gasteiger charge is -1.81. The van der Waals surface area contributed by atoms with Gasteiger partial charge in [0.2, 0.25) is 0 Å². The fourth-order valence-corrected chi connectivity index (χ4v) is 0.234. The van der Waals surface area contributed by atoms with Crippen LogP contribution in [-0.4, -0.2) is 0 Å². The molecule has 0 rings (SSSR count). The number of hydrogen-bond donors (Lipinski definition) is 1. The molecule has 0 fully saturated rings. The minimum absolute atomic E-state index is 0.639. The highest BCUT2D eigenvalue weighted by Crippen LogP contribution is 1.92. The Morgan fingerprint density at radius 1 is 2.00 bits per heavy atom. The zero-order valence-corrected chi connectivity index (χ0v) is 4.31. The summed E-state index contributed by atoms with van der Waals surface area (Å²) in [6.07, 6.45) is 2.06. The molecule has 0 radical (unpaired) electrons. The van der Waals surface area contributed by atoms with Gasteiger partial charge < -0.3 is 5.73 Å². The molecule has 0 amide bonds. The third kappa shape index (κ3) is 1.83. The zero-order chi connectivity index (χ0) is 5.70. The van der Waals surface area contributed by atoms with Crippen molar-refractivity contribution >= 4 is 0 Å². The van der Waals surface area contributed by atoms with E-state index in [0.717, 1.165) is 6.42 Å². The minimum Gasteiger partial charge on any atom is -0.404 e. The average Bonchev–Trinajstić information content (AvgIpc) is 1.72. The van der Waals surface area contributed by atoms with Crippen molar-refractivity contribution < 1.29 is 0 Å². The Balaban J connectivity index is 3.68. The van der Waals surface area contributed by atoms with Gasteiger partial charge in [0.05, 0.1) is 6.07 Å². The Kier molecular flexibility index (Phi) is 2.78. The van der Waals surface area contributed by atoms with E-state index in [1.54, 1.807) is 0 Å². The summed E-state index contributed by atoms with van der Waals surface area (Å²) in [5, 5.41) is 8.13. The van der Waals surface area contributed by atoms with Gasteiger partial charge >= 0.3 is 0 Å². The summed E-state index contributed by atoms with van der Waals surface area (Å²) in [6.45, 7) is 1.89. The van der Waals surface area contributed by atoms with E-state index >= 15 is 0 Å². The van der Waals surface area contributed by atoms with Gasteiger partial charge in [0.15, 0.2) is 0 Å². The van der Waals surface area contributed by atoms with Gasteiger partial charge in [-0.1, -0.05) is 6.92 Å². The van der Waals surface area contributed by atoms with Crippen LogP contribution in [0.25, 0.3) is 0 Å². The topological polar surface area (TPSA) is 49.8 Å². The molecule has 0 aromatic carbocycles. The van der Waals surface area contributed by atoms with Crippen LogP contribution in [0.5, 0.6) is 0 Å². The molecule has 0 atom stereocenters. The highest BCUT2D eigenvalue weighted by molar-refractivity contribution is 5.17. The van der Waals surface area contributed by atoms with E-state index in [9.17, 15) is 0 Å². The SMILES string of the molecule is CC/C(C#N)=C\N. The molecule has 0 aliphatic carbocycles. The van der Waals surface area contributed by atoms with Crippen molar-refractivity contribution in [2.24, 2.45) is 5.73 Å². The lowest BCUT2D eigenvalue weighted by atomic mass is 10.2. The smallest absolute Gasteiger partial charge is 0.0962 e. The maximum atomic E-state index is 8.13. The molecule has 0 bridgehead atoms. The number of nitrogens with zero attached hydrogens (tertiary/aromatic N) is 1. The summed E-state index contributed by atoms with van der Waals surface area (Å²) in [4.78, 5) is 0. The fraction of sp³-hybridized carbons (Fsp3) is 0.400. The molecule has 0 spiro atoms. The molecule has 0 unspecified atom stereocenters. The first-order chi connectivity index (χ1) is 3.35. The fourth-order valence-electron chi connectivity index (χ4n) is 0.234. The third-order valence-electron chi connectivity index (χ3n) is 0.726. The Morgan fingerprint density at radius 2 is 2.57 bits per heavy atom. The van der Waals surface area contributed by atoms with Crippen LogP contribution in [0.15, 0.2) is 11.8 Å². The highest BCUT2D eigenvalue weighted by atomic mass is 14.5. The molecule has 0 aromatic heterocycles. The van der Waals surface area contributed by atoms with Crippen LogP contribution in [0.3, 0.4) is 0 Å². The van der Waals surface area contributed by atoms with Gasteiger partial charge in [-0.15, -0.1) is 0 Å². The number of rotatable bonds is 1. The predicted octanol–water partition coefficient (Wildman–Crippen LogP) is 0.763. The van der Waals surface area contributed by atoms with Gasteiger partial charge in [-0.2, -0.15) is 5.26 Å². The van der Waals surface area contributed by atoms with Crippen LogP contribution >= 0.6 is 0 Å². The Labute approximate surface area is 43.2 Å². The molecule has 0 saturated carbocycles. The molecular formula is C5H8N2. The summed E-state index contributed by atoms with van der Waals surface area (Å²) in [5.41, 5.74) is 5.65. The summed E-state index contributed by atoms with van der Waals surface area (Å²) in [6, 6.07) is 1.94. The maximum Gasteiger partial charge on any atom is 0.0962 e. The van der Waals surface area contributed by atoms with Crippen molar-refractivity contribution in [3.05, 3.63) is 11.8 Å². The van der Waals surface area contributed by atoms with Gasteiger partial charge in [0.25, 0.3) is 0 Å². The van der Waals surface area contributed by atoms with Crippen LogP contribution in [0.4, 0.5) is 0 Å². The van der Waals surface area contributed by atoms with Crippen LogP contribution in [0, 0.1) is 11.3 Å². The second-order valence-corrected chi connectivity index (χ2v) is 1.16. The molecule has 0 aliphatic rings. The standard InChI is InChI=1S/C5H8N2/c1-2-5(3-6)4-7/h3H,2,6H2,1H3/b5-3+. The Hall–Kier alpha value is -0.970. The molecule has 7 heavy (non-hydrogen) atoms. The molecule has 0 aliphatic heterocycles. The minimum atomic E-state index is 0.639. The van der Waals surface area contributed by atoms with Crippen LogP contribution in [0.1, 0.15) is 13.3 Å². The molecule has 0 saturated heterocycles. The summed E-state index contributed by atoms with van der Waals surface area (Å²) in [7, 11) is 0. The van der Waals surface area contributed by atoms with Gasteiger partial charge in [0, 0.05) is 11.8 Å². The zero-order valence-electron chi connectivity index (χ0n) is 4.31. The average molecular weight is 96.1 g/mol. The molecule has 0 heterocycles. The van der Waals surface area contributed by atoms with Crippen molar-refractivity contribution in [3.8, 4) is 6.07 Å². The number of nitrogens with two attached hydrogens (primary N) is 1. The normalized spacial score (nSPS) is 10.6. The molecule has 2 nitrogen and oxygen atoms in total. The van der Waals surface area contributed by atoms with Gasteiger partial charge in [-0.25, -0.2) is 0 Å². The van der Waals surface area contributed by atoms with E-state index in [1.165, 1.54) is 6.20 Å². The highest BCUT2D eigenvalue weighted by Gasteiger charge is 1.82. The van der Waals surface area contributed by atoms with Crippen LogP contribution in [0.2, 0.25) is 0 Å². The van der Waals surface area contributed by atoms with Crippen LogP contribution in [-0.2, 0) is 0 Å². The number of hydrogen-bond acceptors (Lipinski definition) is 2. The first kappa shape index (κ1) is 6.03. The number of allylic oxidation sites excluding steroid dienone is 1. The quantitative estimate of drug-likeness (QED) is 0.490. The van der Waals surface area contributed by atoms with E-state index in [2.05, 4.69) is 0 Å². The first-order valence-electron chi connectivity index (χ1n) is 2.16. The van der Waals surface area contributed by atoms with E-state index in [0.29, 0.717) is 5.57 Å². The maximum absolute atomic E-state index is 8.13. The molecule has 2 heteroatoms. The molecular weight excluding hydrogens is 88.1 g/mol. The Morgan fingerprint density at radius 3 is 2.57 bits per heavy atom. The van der Waals surface area contributed by atoms with E-state index < -0.39 is 0 Å². The lowest BCUT2D eigenvalue weighted by Crippen LogP contribution is -1.82. The van der Waals surface area contributed by atoms with Crippen molar-refractivity contribution in [2.45, 2.75) is 13.3 Å². The third-order valence-corrected chi connectivity index (χ3v) is 0.726. The van der Waals surface area contributed by atoms with Crippen LogP contribution < -0.4 is 5.73 Å². The summed E-state index contributed by atoms with van der Waals surface area (Å²) in [5.74, 6) is 0. The molecule has 2 N–H and O–H groups in total. The molecule has 38 valence electrons. The summed E-state index contributed by atoms with van der Waals surface area (Å²) < 4.78 is 0. The second-order valence-electron chi connectivity index (χ2n) is 1.16. The largest absolute Gasteiger partial charge is 0.404 e. The number of nitriles is 1. The van der Waals surface area contributed by atoms with E-state index in [1.807, 2.05) is 13.0 Å². The van der Waals surface area contributed by atoms with Crippen molar-refractivity contribution in [3.63, 3.8) is 0 Å². The predicted molar refractivity (Wildman–Crippen MR) is 28.2 cm³/mol. The monoisotopic (exact) mass is 96.1 g/mol. The Bertz CT molecular complexity index is 108. The van der Waals surface area contributed by atoms with Crippen molar-refractivity contribution in [1.29, 1.82) is 5.26 Å². The summed E-state index contributed by atoms with van der Waals surface area (Å²) >= 11 is 0. The lowest BCUT2D eigenvalue weighted by molar-refractivity contribution is 1.14. The van der Waals surface area contributed by atoms with Crippen molar-refractivity contribution in [1.82, 2.24) is 0 Å². The van der Waals surface area contributed by atoms with Gasteiger partial charge in [0.1, 0.15) is 0 Å². The first-order valence-corrected chi connectivity index (χ1v) is 2.16. The van der Waals surface area contributed by atoms with Gasteiger partial charge in [-0.05, 0) is 6.42 Å². The molecule has 0 aromatic rings. The van der Waals surface area contributed by atoms with E-state index in [4.69, 9.17) is 11.0 Å². The van der Waals surface area contributed by atoms with E-state index in [-0.39, 0.29) is 0 Å². The second kappa shape index (κ2) is 3.23. The van der Waals surface area contributed by atoms with Gasteiger partial charge in [-0.3, -0.25) is 0 Å².